The van der Waals surface area contributed by atoms with Gasteiger partial charge in [0.15, 0.2) is 0 Å². The largest absolute Gasteiger partial charge is 0.355 e. The fraction of sp³-hybridized carbons (Fsp3) is 0.619. The van der Waals surface area contributed by atoms with Gasteiger partial charge in [0.25, 0.3) is 0 Å². The maximum Gasteiger partial charge on any atom is 0.225 e. The average molecular weight is 360 g/mol. The molecule has 2 rings (SSSR count). The van der Waals surface area contributed by atoms with Crippen molar-refractivity contribution in [3.63, 3.8) is 0 Å². The first-order valence-electron chi connectivity index (χ1n) is 9.67. The molecule has 1 heterocycles. The maximum absolute atomic E-state index is 12.1. The summed E-state index contributed by atoms with van der Waals surface area (Å²) in [5, 5.41) is 5.85. The third-order valence-corrected chi connectivity index (χ3v) is 5.00. The number of nitrogens with one attached hydrogen (secondary N) is 2. The fourth-order valence-corrected chi connectivity index (χ4v) is 3.24. The minimum atomic E-state index is -0.422. The van der Waals surface area contributed by atoms with E-state index in [1.807, 2.05) is 20.8 Å². The summed E-state index contributed by atoms with van der Waals surface area (Å²) in [6.07, 6.45) is 2.39. The Morgan fingerprint density at radius 2 is 1.85 bits per heavy atom. The van der Waals surface area contributed by atoms with E-state index < -0.39 is 5.41 Å². The molecule has 1 atom stereocenters. The summed E-state index contributed by atoms with van der Waals surface area (Å²) in [5.74, 6) is -0.0289. The standard InChI is InChI=1S/C21H33N3O2/c1-5-18(24-13-11-16-8-6-7-9-17(16)15-24)14-23-19(25)10-12-22-20(26)21(2,3)4/h6-9,18H,5,10-15H2,1-4H3,(H,22,26)(H,23,25). The van der Waals surface area contributed by atoms with E-state index in [1.54, 1.807) is 0 Å². The van der Waals surface area contributed by atoms with Crippen molar-refractivity contribution in [2.75, 3.05) is 19.6 Å². The summed E-state index contributed by atoms with van der Waals surface area (Å²) < 4.78 is 0. The van der Waals surface area contributed by atoms with Crippen LogP contribution in [-0.4, -0.2) is 42.4 Å². The quantitative estimate of drug-likeness (QED) is 0.786. The minimum Gasteiger partial charge on any atom is -0.355 e. The molecule has 144 valence electrons. The van der Waals surface area contributed by atoms with Crippen molar-refractivity contribution in [3.05, 3.63) is 35.4 Å². The molecule has 1 aromatic carbocycles. The van der Waals surface area contributed by atoms with E-state index >= 15 is 0 Å². The number of amides is 2. The van der Waals surface area contributed by atoms with Crippen molar-refractivity contribution < 1.29 is 9.59 Å². The van der Waals surface area contributed by atoms with E-state index in [4.69, 9.17) is 0 Å². The molecule has 1 aromatic rings. The van der Waals surface area contributed by atoms with Crippen LogP contribution in [-0.2, 0) is 22.6 Å². The van der Waals surface area contributed by atoms with Gasteiger partial charge in [-0.1, -0.05) is 52.0 Å². The zero-order valence-corrected chi connectivity index (χ0v) is 16.6. The fourth-order valence-electron chi connectivity index (χ4n) is 3.24. The van der Waals surface area contributed by atoms with Gasteiger partial charge in [-0.25, -0.2) is 0 Å². The Labute approximate surface area is 157 Å². The molecule has 1 aliphatic rings. The van der Waals surface area contributed by atoms with Crippen LogP contribution in [0.5, 0.6) is 0 Å². The second kappa shape index (κ2) is 9.17. The predicted octanol–water partition coefficient (Wildman–Crippen LogP) is 2.49. The van der Waals surface area contributed by atoms with Gasteiger partial charge in [0, 0.05) is 44.1 Å². The summed E-state index contributed by atoms with van der Waals surface area (Å²) in [4.78, 5) is 26.4. The van der Waals surface area contributed by atoms with Crippen molar-refractivity contribution >= 4 is 11.8 Å². The zero-order chi connectivity index (χ0) is 19.2. The lowest BCUT2D eigenvalue weighted by Crippen LogP contribution is -2.46. The summed E-state index contributed by atoms with van der Waals surface area (Å²) in [5.41, 5.74) is 2.42. The van der Waals surface area contributed by atoms with Gasteiger partial charge in [0.1, 0.15) is 0 Å². The number of benzene rings is 1. The van der Waals surface area contributed by atoms with E-state index in [1.165, 1.54) is 11.1 Å². The van der Waals surface area contributed by atoms with Gasteiger partial charge in [0.2, 0.25) is 11.8 Å². The molecule has 0 bridgehead atoms. The summed E-state index contributed by atoms with van der Waals surface area (Å²) in [6, 6.07) is 8.95. The van der Waals surface area contributed by atoms with Crippen LogP contribution in [0.3, 0.4) is 0 Å². The van der Waals surface area contributed by atoms with E-state index in [0.717, 1.165) is 25.9 Å². The second-order valence-electron chi connectivity index (χ2n) is 8.11. The van der Waals surface area contributed by atoms with Crippen LogP contribution in [0.25, 0.3) is 0 Å². The third kappa shape index (κ3) is 5.84. The molecule has 0 saturated carbocycles. The molecule has 5 nitrogen and oxygen atoms in total. The molecule has 0 radical (unpaired) electrons. The molecule has 0 aromatic heterocycles. The normalized spacial score (nSPS) is 15.8. The molecule has 0 fully saturated rings. The number of hydrogen-bond acceptors (Lipinski definition) is 3. The Balaban J connectivity index is 1.75. The molecular weight excluding hydrogens is 326 g/mol. The number of carbonyl (C=O) groups excluding carboxylic acids is 2. The first-order chi connectivity index (χ1) is 12.3. The van der Waals surface area contributed by atoms with E-state index in [-0.39, 0.29) is 11.8 Å². The highest BCUT2D eigenvalue weighted by Gasteiger charge is 2.23. The van der Waals surface area contributed by atoms with Gasteiger partial charge >= 0.3 is 0 Å². The molecule has 0 spiro atoms. The van der Waals surface area contributed by atoms with Crippen LogP contribution in [0, 0.1) is 5.41 Å². The van der Waals surface area contributed by atoms with Gasteiger partial charge < -0.3 is 10.6 Å². The number of fused-ring (bicyclic) bond motifs is 1. The van der Waals surface area contributed by atoms with Crippen molar-refractivity contribution in [1.82, 2.24) is 15.5 Å². The van der Waals surface area contributed by atoms with Crippen molar-refractivity contribution in [2.24, 2.45) is 5.41 Å². The molecule has 1 unspecified atom stereocenters. The smallest absolute Gasteiger partial charge is 0.225 e. The summed E-state index contributed by atoms with van der Waals surface area (Å²) in [7, 11) is 0. The Bertz CT molecular complexity index is 622. The number of rotatable bonds is 7. The molecule has 2 amide bonds. The molecule has 26 heavy (non-hydrogen) atoms. The molecule has 0 saturated heterocycles. The van der Waals surface area contributed by atoms with Gasteiger partial charge in [-0.2, -0.15) is 0 Å². The van der Waals surface area contributed by atoms with Crippen LogP contribution >= 0.6 is 0 Å². The number of carbonyl (C=O) groups is 2. The van der Waals surface area contributed by atoms with Gasteiger partial charge in [0.05, 0.1) is 0 Å². The molecule has 2 N–H and O–H groups in total. The zero-order valence-electron chi connectivity index (χ0n) is 16.6. The number of hydrogen-bond donors (Lipinski definition) is 2. The lowest BCUT2D eigenvalue weighted by molar-refractivity contribution is -0.128. The number of nitrogens with zero attached hydrogens (tertiary/aromatic N) is 1. The van der Waals surface area contributed by atoms with Crippen LogP contribution < -0.4 is 10.6 Å². The van der Waals surface area contributed by atoms with Crippen LogP contribution in [0.15, 0.2) is 24.3 Å². The van der Waals surface area contributed by atoms with E-state index in [9.17, 15) is 9.59 Å². The molecule has 1 aliphatic heterocycles. The molecular formula is C21H33N3O2. The van der Waals surface area contributed by atoms with E-state index in [0.29, 0.717) is 25.6 Å². The Morgan fingerprint density at radius 1 is 1.15 bits per heavy atom. The monoisotopic (exact) mass is 359 g/mol. The van der Waals surface area contributed by atoms with Crippen LogP contribution in [0.2, 0.25) is 0 Å². The average Bonchev–Trinajstić information content (AvgIpc) is 2.61. The summed E-state index contributed by atoms with van der Waals surface area (Å²) in [6.45, 7) is 10.8. The van der Waals surface area contributed by atoms with Gasteiger partial charge in [-0.15, -0.1) is 0 Å². The minimum absolute atomic E-state index is 0.00457. The Hall–Kier alpha value is -1.88. The van der Waals surface area contributed by atoms with Crippen molar-refractivity contribution in [1.29, 1.82) is 0 Å². The predicted molar refractivity (Wildman–Crippen MR) is 105 cm³/mol. The van der Waals surface area contributed by atoms with Crippen molar-refractivity contribution in [2.45, 2.75) is 59.5 Å². The van der Waals surface area contributed by atoms with Gasteiger partial charge in [-0.05, 0) is 24.0 Å². The maximum atomic E-state index is 12.1. The SMILES string of the molecule is CCC(CNC(=O)CCNC(=O)C(C)(C)C)N1CCc2ccccc2C1. The molecule has 5 heteroatoms. The Kier molecular flexibility index (Phi) is 7.21. The lowest BCUT2D eigenvalue weighted by atomic mass is 9.96. The van der Waals surface area contributed by atoms with E-state index in [2.05, 4.69) is 46.7 Å². The van der Waals surface area contributed by atoms with Crippen molar-refractivity contribution in [3.8, 4) is 0 Å². The highest BCUT2D eigenvalue weighted by atomic mass is 16.2. The van der Waals surface area contributed by atoms with Crippen LogP contribution in [0.4, 0.5) is 0 Å². The van der Waals surface area contributed by atoms with Crippen LogP contribution in [0.1, 0.15) is 51.7 Å². The topological polar surface area (TPSA) is 61.4 Å². The first kappa shape index (κ1) is 20.4. The Morgan fingerprint density at radius 3 is 2.50 bits per heavy atom. The third-order valence-electron chi connectivity index (χ3n) is 5.00. The highest BCUT2D eigenvalue weighted by Crippen LogP contribution is 2.21. The first-order valence-corrected chi connectivity index (χ1v) is 9.67. The summed E-state index contributed by atoms with van der Waals surface area (Å²) >= 11 is 0. The highest BCUT2D eigenvalue weighted by molar-refractivity contribution is 5.82. The second-order valence-corrected chi connectivity index (χ2v) is 8.11. The molecule has 0 aliphatic carbocycles. The lowest BCUT2D eigenvalue weighted by Gasteiger charge is -2.35. The van der Waals surface area contributed by atoms with Gasteiger partial charge in [-0.3, -0.25) is 14.5 Å².